The molecule has 2 aliphatic rings. The summed E-state index contributed by atoms with van der Waals surface area (Å²) in [7, 11) is 0. The predicted octanol–water partition coefficient (Wildman–Crippen LogP) is 3.07. The standard InChI is InChI=1S/C24H21N3O4/c1-24(2)15-8-4-5-9-17(15)27(11-7-6-10-18(27)23(30)31)19(24)12-14-20(16(13-25)26-3)22(29)21(14)28/h4-5,8-9,12,18,25H,6-7,10-11H2,1-2H3/p+1. The smallest absolute Gasteiger partial charge is 0.363 e. The number of allylic oxidation sites excluding steroid dienone is 1. The largest absolute Gasteiger partial charge is 0.477 e. The van der Waals surface area contributed by atoms with E-state index in [1.165, 1.54) is 0 Å². The lowest BCUT2D eigenvalue weighted by Crippen LogP contribution is -2.61. The van der Waals surface area contributed by atoms with E-state index in [2.05, 4.69) is 4.85 Å². The van der Waals surface area contributed by atoms with Crippen LogP contribution in [0.3, 0.4) is 0 Å². The molecule has 31 heavy (non-hydrogen) atoms. The number of benzene rings is 1. The van der Waals surface area contributed by atoms with Gasteiger partial charge >= 0.3 is 5.97 Å². The van der Waals surface area contributed by atoms with Crippen LogP contribution in [0.25, 0.3) is 16.6 Å². The summed E-state index contributed by atoms with van der Waals surface area (Å²) in [5.74, 6) is 1.05. The number of carbonyl (C=O) groups is 1. The molecule has 0 aromatic heterocycles. The molecule has 1 saturated heterocycles. The van der Waals surface area contributed by atoms with E-state index in [0.29, 0.717) is 13.0 Å². The molecule has 2 N–H and O–H groups in total. The molecule has 7 nitrogen and oxygen atoms in total. The van der Waals surface area contributed by atoms with Crippen molar-refractivity contribution >= 4 is 29.3 Å². The van der Waals surface area contributed by atoms with Gasteiger partial charge in [0, 0.05) is 23.6 Å². The predicted molar refractivity (Wildman–Crippen MR) is 118 cm³/mol. The van der Waals surface area contributed by atoms with Crippen LogP contribution < -0.4 is 15.3 Å². The van der Waals surface area contributed by atoms with Crippen molar-refractivity contribution in [3.63, 3.8) is 0 Å². The van der Waals surface area contributed by atoms with Crippen molar-refractivity contribution in [3.8, 4) is 0 Å². The van der Waals surface area contributed by atoms with Gasteiger partial charge in [0.05, 0.1) is 24.1 Å². The third kappa shape index (κ3) is 2.63. The highest BCUT2D eigenvalue weighted by molar-refractivity contribution is 5.96. The van der Waals surface area contributed by atoms with Gasteiger partial charge in [0.15, 0.2) is 6.04 Å². The summed E-state index contributed by atoms with van der Waals surface area (Å²) in [6.45, 7) is 11.8. The second kappa shape index (κ2) is 6.98. The first-order valence-electron chi connectivity index (χ1n) is 10.2. The zero-order valence-electron chi connectivity index (χ0n) is 17.4. The Labute approximate surface area is 179 Å². The molecule has 7 heteroatoms. The van der Waals surface area contributed by atoms with Crippen LogP contribution in [-0.2, 0) is 10.2 Å². The summed E-state index contributed by atoms with van der Waals surface area (Å²) in [5, 5.41) is 17.5. The molecule has 2 aliphatic heterocycles. The summed E-state index contributed by atoms with van der Waals surface area (Å²) in [5.41, 5.74) is 0.175. The molecule has 2 unspecified atom stereocenters. The SMILES string of the molecule is [C-]#[N+]C(=C=N)c1c(C=C2C(C)(C)c3ccccc3[N+]23CCCCC3C(=O)O)c(=O)c1=O. The number of aliphatic carboxylic acids is 1. The molecule has 2 heterocycles. The topological polar surface area (TPSA) is 99.7 Å². The minimum atomic E-state index is -0.899. The van der Waals surface area contributed by atoms with Crippen LogP contribution in [0.15, 0.2) is 39.6 Å². The van der Waals surface area contributed by atoms with Crippen molar-refractivity contribution in [1.82, 2.24) is 4.48 Å². The van der Waals surface area contributed by atoms with Crippen molar-refractivity contribution in [3.05, 3.63) is 78.5 Å². The summed E-state index contributed by atoms with van der Waals surface area (Å²) in [6.07, 6.45) is 3.75. The Hall–Kier alpha value is -3.59. The lowest BCUT2D eigenvalue weighted by molar-refractivity contribution is -0.143. The van der Waals surface area contributed by atoms with Gasteiger partial charge in [-0.2, -0.15) is 0 Å². The maximum absolute atomic E-state index is 12.5. The van der Waals surface area contributed by atoms with Gasteiger partial charge in [-0.15, -0.1) is 0 Å². The number of nitrogens with one attached hydrogen (secondary N) is 1. The molecule has 1 spiro atoms. The number of nitrogens with zero attached hydrogens (tertiary/aromatic N) is 2. The van der Waals surface area contributed by atoms with Crippen LogP contribution in [0.4, 0.5) is 5.69 Å². The van der Waals surface area contributed by atoms with E-state index in [1.807, 2.05) is 44.0 Å². The van der Waals surface area contributed by atoms with Gasteiger partial charge in [-0.3, -0.25) is 15.0 Å². The molecule has 0 radical (unpaired) electrons. The van der Waals surface area contributed by atoms with Crippen LogP contribution in [0.1, 0.15) is 49.8 Å². The average molecular weight is 416 g/mol. The van der Waals surface area contributed by atoms with Gasteiger partial charge in [0.2, 0.25) is 10.9 Å². The fraction of sp³-hybridized carbons (Fsp3) is 0.333. The first-order valence-corrected chi connectivity index (χ1v) is 10.2. The number of fused-ring (bicyclic) bond motifs is 2. The van der Waals surface area contributed by atoms with Crippen molar-refractivity contribution < 1.29 is 9.90 Å². The molecule has 0 aliphatic carbocycles. The molecule has 0 bridgehead atoms. The van der Waals surface area contributed by atoms with Gasteiger partial charge in [-0.1, -0.05) is 18.2 Å². The molecular formula is C24H22N3O4+. The second-order valence-electron chi connectivity index (χ2n) is 8.65. The van der Waals surface area contributed by atoms with E-state index in [4.69, 9.17) is 12.0 Å². The number of hydrogen-bond acceptors (Lipinski definition) is 4. The van der Waals surface area contributed by atoms with Crippen molar-refractivity contribution in [2.45, 2.75) is 44.6 Å². The third-order valence-electron chi connectivity index (χ3n) is 6.83. The Bertz CT molecular complexity index is 1310. The Morgan fingerprint density at radius 1 is 1.29 bits per heavy atom. The maximum Gasteiger partial charge on any atom is 0.363 e. The second-order valence-corrected chi connectivity index (χ2v) is 8.65. The summed E-state index contributed by atoms with van der Waals surface area (Å²) in [4.78, 5) is 40.2. The van der Waals surface area contributed by atoms with E-state index < -0.39 is 28.3 Å². The fourth-order valence-corrected chi connectivity index (χ4v) is 5.44. The lowest BCUT2D eigenvalue weighted by atomic mass is 9.81. The molecule has 1 fully saturated rings. The summed E-state index contributed by atoms with van der Waals surface area (Å²) < 4.78 is 0.110. The highest BCUT2D eigenvalue weighted by Gasteiger charge is 2.60. The Morgan fingerprint density at radius 3 is 2.65 bits per heavy atom. The number of quaternary nitrogens is 1. The summed E-state index contributed by atoms with van der Waals surface area (Å²) >= 11 is 0. The minimum absolute atomic E-state index is 0.0684. The number of piperidine rings is 1. The van der Waals surface area contributed by atoms with E-state index in [9.17, 15) is 19.5 Å². The zero-order chi connectivity index (χ0) is 22.6. The molecule has 156 valence electrons. The van der Waals surface area contributed by atoms with E-state index in [1.54, 1.807) is 6.08 Å². The lowest BCUT2D eigenvalue weighted by Gasteiger charge is -2.44. The monoisotopic (exact) mass is 416 g/mol. The summed E-state index contributed by atoms with van der Waals surface area (Å²) in [6, 6.07) is 7.02. The maximum atomic E-state index is 12.5. The number of carboxylic acid groups (broad SMARTS) is 1. The van der Waals surface area contributed by atoms with Crippen LogP contribution in [0, 0.1) is 12.0 Å². The van der Waals surface area contributed by atoms with Crippen molar-refractivity contribution in [2.75, 3.05) is 6.54 Å². The van der Waals surface area contributed by atoms with Gasteiger partial charge < -0.3 is 5.11 Å². The van der Waals surface area contributed by atoms with Crippen molar-refractivity contribution in [1.29, 1.82) is 5.41 Å². The highest BCUT2D eigenvalue weighted by atomic mass is 16.4. The first-order chi connectivity index (χ1) is 14.7. The van der Waals surface area contributed by atoms with Gasteiger partial charge in [0.25, 0.3) is 5.70 Å². The molecule has 2 aromatic rings. The molecule has 2 aromatic carbocycles. The van der Waals surface area contributed by atoms with Gasteiger partial charge in [0.1, 0.15) is 11.4 Å². The van der Waals surface area contributed by atoms with Crippen LogP contribution in [0.2, 0.25) is 0 Å². The van der Waals surface area contributed by atoms with E-state index >= 15 is 0 Å². The Kier molecular flexibility index (Phi) is 4.66. The Morgan fingerprint density at radius 2 is 2.00 bits per heavy atom. The van der Waals surface area contributed by atoms with E-state index in [0.717, 1.165) is 29.8 Å². The number of carboxylic acids is 1. The number of para-hydroxylation sites is 1. The molecule has 0 saturated carbocycles. The highest BCUT2D eigenvalue weighted by Crippen LogP contribution is 2.56. The fourth-order valence-electron chi connectivity index (χ4n) is 5.44. The molecular weight excluding hydrogens is 394 g/mol. The molecule has 0 amide bonds. The van der Waals surface area contributed by atoms with Crippen LogP contribution in [0.5, 0.6) is 0 Å². The normalized spacial score (nSPS) is 25.2. The van der Waals surface area contributed by atoms with E-state index in [-0.39, 0.29) is 21.3 Å². The number of hydrogen-bond donors (Lipinski definition) is 2. The molecule has 2 atom stereocenters. The van der Waals surface area contributed by atoms with Gasteiger partial charge in [-0.25, -0.2) is 14.1 Å². The Balaban J connectivity index is 2.07. The van der Waals surface area contributed by atoms with Crippen LogP contribution >= 0.6 is 0 Å². The quantitative estimate of drug-likeness (QED) is 0.348. The van der Waals surface area contributed by atoms with Crippen molar-refractivity contribution in [2.24, 2.45) is 0 Å². The molecule has 4 rings (SSSR count). The van der Waals surface area contributed by atoms with Crippen LogP contribution in [-0.4, -0.2) is 29.5 Å². The first kappa shape index (κ1) is 20.7. The average Bonchev–Trinajstić information content (AvgIpc) is 2.95. The minimum Gasteiger partial charge on any atom is -0.477 e. The third-order valence-corrected chi connectivity index (χ3v) is 6.83. The van der Waals surface area contributed by atoms with Gasteiger partial charge in [-0.05, 0) is 38.6 Å². The zero-order valence-corrected chi connectivity index (χ0v) is 17.4. The number of rotatable bonds is 3.